The Morgan fingerprint density at radius 1 is 1.10 bits per heavy atom. The molecular weight excluding hydrogens is 548 g/mol. The second kappa shape index (κ2) is 8.13. The van der Waals surface area contributed by atoms with Crippen LogP contribution in [0.3, 0.4) is 0 Å². The van der Waals surface area contributed by atoms with Crippen molar-refractivity contribution in [2.75, 3.05) is 5.32 Å². The van der Waals surface area contributed by atoms with E-state index < -0.39 is 33.5 Å². The number of hydrogen-bond acceptors (Lipinski definition) is 3. The summed E-state index contributed by atoms with van der Waals surface area (Å²) in [5, 5.41) is 15.3. The molecular formula is C21H14BrCl4N3O2. The van der Waals surface area contributed by atoms with Crippen LogP contribution in [0.5, 0.6) is 0 Å². The van der Waals surface area contributed by atoms with Crippen molar-refractivity contribution in [1.29, 1.82) is 5.26 Å². The van der Waals surface area contributed by atoms with Crippen LogP contribution in [0.2, 0.25) is 10.0 Å². The standard InChI is InChI=1S/C21H14BrCl4N3O2/c22-13-3-1-10(7-15(13)24)16-17(21(16,25)26)19(31)28-11-2-4-14(23)12(8-11)18(30)29-20(9-27)5-6-20/h1-4,7-8,16-17H,5-6H2,(H,28,31)(H,29,30). The minimum absolute atomic E-state index is 0.163. The van der Waals surface area contributed by atoms with Crippen LogP contribution in [0.15, 0.2) is 40.9 Å². The van der Waals surface area contributed by atoms with E-state index >= 15 is 0 Å². The van der Waals surface area contributed by atoms with Crippen LogP contribution in [-0.2, 0) is 4.79 Å². The van der Waals surface area contributed by atoms with E-state index in [2.05, 4.69) is 32.6 Å². The fourth-order valence-corrected chi connectivity index (χ4v) is 4.91. The Labute approximate surface area is 207 Å². The van der Waals surface area contributed by atoms with Crippen molar-refractivity contribution >= 4 is 79.8 Å². The van der Waals surface area contributed by atoms with Crippen LogP contribution >= 0.6 is 62.3 Å². The molecule has 0 heterocycles. The summed E-state index contributed by atoms with van der Waals surface area (Å²) in [4.78, 5) is 25.4. The number of nitriles is 1. The molecule has 160 valence electrons. The third-order valence-corrected chi connectivity index (χ3v) is 7.94. The summed E-state index contributed by atoms with van der Waals surface area (Å²) >= 11 is 28.4. The van der Waals surface area contributed by atoms with Crippen LogP contribution in [0, 0.1) is 17.2 Å². The van der Waals surface area contributed by atoms with Gasteiger partial charge in [0.2, 0.25) is 5.91 Å². The van der Waals surface area contributed by atoms with Gasteiger partial charge in [0, 0.05) is 16.1 Å². The van der Waals surface area contributed by atoms with Gasteiger partial charge in [-0.1, -0.05) is 29.3 Å². The molecule has 2 fully saturated rings. The topological polar surface area (TPSA) is 82.0 Å². The first kappa shape index (κ1) is 22.7. The number of amides is 2. The van der Waals surface area contributed by atoms with E-state index in [1.54, 1.807) is 24.3 Å². The summed E-state index contributed by atoms with van der Waals surface area (Å²) in [6.07, 6.45) is 1.19. The normalized spacial score (nSPS) is 22.2. The Bertz CT molecular complexity index is 1140. The molecule has 0 radical (unpaired) electrons. The fourth-order valence-electron chi connectivity index (χ4n) is 3.44. The average Bonchev–Trinajstić information content (AvgIpc) is 3.60. The Morgan fingerprint density at radius 2 is 1.81 bits per heavy atom. The first-order valence-corrected chi connectivity index (χ1v) is 11.6. The molecule has 0 aliphatic heterocycles. The highest BCUT2D eigenvalue weighted by Gasteiger charge is 2.67. The molecule has 2 amide bonds. The molecule has 0 bridgehead atoms. The number of rotatable bonds is 5. The Morgan fingerprint density at radius 3 is 2.42 bits per heavy atom. The van der Waals surface area contributed by atoms with Crippen LogP contribution in [-0.4, -0.2) is 21.7 Å². The number of halogens is 5. The van der Waals surface area contributed by atoms with Crippen molar-refractivity contribution < 1.29 is 9.59 Å². The second-order valence-electron chi connectivity index (χ2n) is 7.64. The number of anilines is 1. The SMILES string of the molecule is N#CC1(NC(=O)c2cc(NC(=O)C3C(c4ccc(Br)c(Cl)c4)C3(Cl)Cl)ccc2Cl)CC1. The van der Waals surface area contributed by atoms with Gasteiger partial charge in [-0.3, -0.25) is 9.59 Å². The van der Waals surface area contributed by atoms with Gasteiger partial charge in [0.1, 0.15) is 9.87 Å². The number of nitrogens with one attached hydrogen (secondary N) is 2. The first-order valence-electron chi connectivity index (χ1n) is 9.25. The minimum Gasteiger partial charge on any atom is -0.334 e. The molecule has 2 N–H and O–H groups in total. The highest BCUT2D eigenvalue weighted by molar-refractivity contribution is 9.10. The van der Waals surface area contributed by atoms with E-state index in [-0.39, 0.29) is 10.6 Å². The molecule has 2 aromatic carbocycles. The summed E-state index contributed by atoms with van der Waals surface area (Å²) in [5.74, 6) is -1.99. The third kappa shape index (κ3) is 4.40. The van der Waals surface area contributed by atoms with Gasteiger partial charge in [-0.2, -0.15) is 5.26 Å². The lowest BCUT2D eigenvalue weighted by atomic mass is 10.1. The van der Waals surface area contributed by atoms with E-state index in [0.717, 1.165) is 10.0 Å². The molecule has 10 heteroatoms. The molecule has 2 unspecified atom stereocenters. The molecule has 2 aliphatic rings. The van der Waals surface area contributed by atoms with Crippen LogP contribution in [0.1, 0.15) is 34.7 Å². The zero-order valence-electron chi connectivity index (χ0n) is 15.7. The third-order valence-electron chi connectivity index (χ3n) is 5.43. The fraction of sp³-hybridized carbons (Fsp3) is 0.286. The molecule has 0 aromatic heterocycles. The van der Waals surface area contributed by atoms with E-state index in [9.17, 15) is 14.9 Å². The molecule has 2 atom stereocenters. The van der Waals surface area contributed by atoms with Crippen LogP contribution in [0.25, 0.3) is 0 Å². The Hall–Kier alpha value is -1.49. The summed E-state index contributed by atoms with van der Waals surface area (Å²) in [7, 11) is 0. The summed E-state index contributed by atoms with van der Waals surface area (Å²) in [5.41, 5.74) is 0.450. The number of hydrogen-bond donors (Lipinski definition) is 2. The monoisotopic (exact) mass is 559 g/mol. The minimum atomic E-state index is -1.28. The molecule has 4 rings (SSSR count). The van der Waals surface area contributed by atoms with Gasteiger partial charge in [0.25, 0.3) is 5.91 Å². The second-order valence-corrected chi connectivity index (χ2v) is 10.7. The number of nitrogens with zero attached hydrogens (tertiary/aromatic N) is 1. The van der Waals surface area contributed by atoms with E-state index in [4.69, 9.17) is 46.4 Å². The quantitative estimate of drug-likeness (QED) is 0.435. The number of alkyl halides is 2. The van der Waals surface area contributed by atoms with E-state index in [1.807, 2.05) is 0 Å². The maximum absolute atomic E-state index is 12.9. The van der Waals surface area contributed by atoms with Crippen LogP contribution < -0.4 is 10.6 Å². The van der Waals surface area contributed by atoms with Gasteiger partial charge in [-0.05, 0) is 64.7 Å². The lowest BCUT2D eigenvalue weighted by molar-refractivity contribution is -0.117. The van der Waals surface area contributed by atoms with Gasteiger partial charge in [0.15, 0.2) is 0 Å². The maximum atomic E-state index is 12.9. The molecule has 5 nitrogen and oxygen atoms in total. The first-order chi connectivity index (χ1) is 14.6. The number of carbonyl (C=O) groups is 2. The largest absolute Gasteiger partial charge is 0.334 e. The summed E-state index contributed by atoms with van der Waals surface area (Å²) < 4.78 is -0.551. The van der Waals surface area contributed by atoms with Crippen molar-refractivity contribution in [2.45, 2.75) is 28.6 Å². The van der Waals surface area contributed by atoms with Gasteiger partial charge in [-0.25, -0.2) is 0 Å². The smallest absolute Gasteiger partial charge is 0.254 e. The lowest BCUT2D eigenvalue weighted by Gasteiger charge is -2.12. The van der Waals surface area contributed by atoms with E-state index in [0.29, 0.717) is 23.6 Å². The van der Waals surface area contributed by atoms with Crippen molar-refractivity contribution in [3.05, 3.63) is 62.0 Å². The average molecular weight is 562 g/mol. The van der Waals surface area contributed by atoms with E-state index in [1.165, 1.54) is 12.1 Å². The molecule has 0 saturated heterocycles. The van der Waals surface area contributed by atoms with Crippen LogP contribution in [0.4, 0.5) is 5.69 Å². The van der Waals surface area contributed by atoms with Crippen molar-refractivity contribution in [1.82, 2.24) is 5.32 Å². The van der Waals surface area contributed by atoms with Gasteiger partial charge < -0.3 is 10.6 Å². The maximum Gasteiger partial charge on any atom is 0.254 e. The number of carbonyl (C=O) groups excluding carboxylic acids is 2. The highest BCUT2D eigenvalue weighted by Crippen LogP contribution is 2.65. The summed E-state index contributed by atoms with van der Waals surface area (Å²) in [6, 6.07) is 11.9. The lowest BCUT2D eigenvalue weighted by Crippen LogP contribution is -2.35. The zero-order valence-corrected chi connectivity index (χ0v) is 20.3. The van der Waals surface area contributed by atoms with Crippen molar-refractivity contribution in [3.63, 3.8) is 0 Å². The molecule has 2 saturated carbocycles. The zero-order chi connectivity index (χ0) is 22.6. The van der Waals surface area contributed by atoms with Gasteiger partial charge in [-0.15, -0.1) is 23.2 Å². The summed E-state index contributed by atoms with van der Waals surface area (Å²) in [6.45, 7) is 0. The van der Waals surface area contributed by atoms with Crippen molar-refractivity contribution in [3.8, 4) is 6.07 Å². The highest BCUT2D eigenvalue weighted by atomic mass is 79.9. The number of benzene rings is 2. The molecule has 2 aliphatic carbocycles. The molecule has 31 heavy (non-hydrogen) atoms. The van der Waals surface area contributed by atoms with Crippen molar-refractivity contribution in [2.24, 2.45) is 5.92 Å². The molecule has 0 spiro atoms. The Balaban J connectivity index is 1.50. The Kier molecular flexibility index (Phi) is 5.95. The molecule has 2 aromatic rings. The predicted molar refractivity (Wildman–Crippen MR) is 125 cm³/mol. The van der Waals surface area contributed by atoms with Gasteiger partial charge in [0.05, 0.1) is 27.6 Å². The van der Waals surface area contributed by atoms with Gasteiger partial charge >= 0.3 is 0 Å². The predicted octanol–water partition coefficient (Wildman–Crippen LogP) is 6.07.